The largest absolute Gasteiger partial charge is 0.480 e. The molecule has 0 amide bonds. The van der Waals surface area contributed by atoms with E-state index in [0.717, 1.165) is 5.69 Å². The molecule has 7 heteroatoms. The number of carboxylic acid groups (broad SMARTS) is 1. The number of nitrogens with zero attached hydrogens (tertiary/aromatic N) is 1. The van der Waals surface area contributed by atoms with E-state index in [1.807, 2.05) is 0 Å². The van der Waals surface area contributed by atoms with Crippen LogP contribution in [0.3, 0.4) is 0 Å². The minimum atomic E-state index is -0.985. The van der Waals surface area contributed by atoms with E-state index in [9.17, 15) is 9.59 Å². The highest BCUT2D eigenvalue weighted by molar-refractivity contribution is 7.98. The fraction of sp³-hybridized carbons (Fsp3) is 0.417. The highest BCUT2D eigenvalue weighted by Crippen LogP contribution is 2.12. The summed E-state index contributed by atoms with van der Waals surface area (Å²) in [6.07, 6.45) is 1.88. The quantitative estimate of drug-likeness (QED) is 0.566. The zero-order valence-corrected chi connectivity index (χ0v) is 11.4. The van der Waals surface area contributed by atoms with Crippen LogP contribution in [-0.4, -0.2) is 40.9 Å². The molecule has 0 saturated carbocycles. The lowest BCUT2D eigenvalue weighted by atomic mass is 10.2. The second-order valence-corrected chi connectivity index (χ2v) is 4.92. The molecule has 1 aromatic heterocycles. The fourth-order valence-electron chi connectivity index (χ4n) is 1.26. The van der Waals surface area contributed by atoms with Gasteiger partial charge < -0.3 is 15.6 Å². The molecule has 0 aromatic carbocycles. The van der Waals surface area contributed by atoms with Gasteiger partial charge in [-0.15, -0.1) is 0 Å². The Hall–Kier alpha value is -1.60. The number of carbonyl (C=O) groups is 2. The summed E-state index contributed by atoms with van der Waals surface area (Å²) in [4.78, 5) is 25.8. The average Bonchev–Trinajstić information content (AvgIpc) is 2.43. The van der Waals surface area contributed by atoms with Crippen molar-refractivity contribution in [3.05, 3.63) is 29.6 Å². The molecule has 6 nitrogen and oxygen atoms in total. The zero-order valence-electron chi connectivity index (χ0n) is 10.5. The average molecular weight is 284 g/mol. The molecular weight excluding hydrogens is 268 g/mol. The minimum Gasteiger partial charge on any atom is -0.480 e. The number of aliphatic carboxylic acids is 1. The van der Waals surface area contributed by atoms with Crippen molar-refractivity contribution in [2.24, 2.45) is 5.73 Å². The zero-order chi connectivity index (χ0) is 14.3. The normalized spacial score (nSPS) is 11.9. The predicted molar refractivity (Wildman–Crippen MR) is 72.0 cm³/mol. The Morgan fingerprint density at radius 3 is 2.79 bits per heavy atom. The van der Waals surface area contributed by atoms with Gasteiger partial charge in [-0.3, -0.25) is 9.78 Å². The summed E-state index contributed by atoms with van der Waals surface area (Å²) in [7, 11) is 1.32. The van der Waals surface area contributed by atoms with E-state index in [-0.39, 0.29) is 0 Å². The molecule has 1 rings (SSSR count). The van der Waals surface area contributed by atoms with Crippen LogP contribution < -0.4 is 5.73 Å². The SMILES string of the molecule is COC(=O)c1ccc(CSCCC(N)C(=O)O)nc1. The lowest BCUT2D eigenvalue weighted by Crippen LogP contribution is -2.30. The van der Waals surface area contributed by atoms with Crippen molar-refractivity contribution >= 4 is 23.7 Å². The summed E-state index contributed by atoms with van der Waals surface area (Å²) in [5.74, 6) is -0.109. The number of esters is 1. The first-order valence-corrected chi connectivity index (χ1v) is 6.79. The number of rotatable bonds is 7. The Balaban J connectivity index is 2.34. The van der Waals surface area contributed by atoms with Gasteiger partial charge in [-0.1, -0.05) is 0 Å². The molecular formula is C12H16N2O4S. The van der Waals surface area contributed by atoms with Gasteiger partial charge in [0.25, 0.3) is 0 Å². The maximum atomic E-state index is 11.2. The van der Waals surface area contributed by atoms with Crippen LogP contribution in [0.4, 0.5) is 0 Å². The third kappa shape index (κ3) is 5.27. The van der Waals surface area contributed by atoms with Crippen LogP contribution >= 0.6 is 11.8 Å². The Kier molecular flexibility index (Phi) is 6.31. The van der Waals surface area contributed by atoms with Crippen LogP contribution in [0.1, 0.15) is 22.5 Å². The van der Waals surface area contributed by atoms with E-state index in [0.29, 0.717) is 23.5 Å². The van der Waals surface area contributed by atoms with Gasteiger partial charge in [-0.25, -0.2) is 4.79 Å². The molecule has 0 aliphatic heterocycles. The van der Waals surface area contributed by atoms with Crippen molar-refractivity contribution < 1.29 is 19.4 Å². The summed E-state index contributed by atoms with van der Waals surface area (Å²) in [6, 6.07) is 2.58. The number of methoxy groups -OCH3 is 1. The number of nitrogens with two attached hydrogens (primary N) is 1. The highest BCUT2D eigenvalue weighted by atomic mass is 32.2. The number of carbonyl (C=O) groups excluding carboxylic acids is 1. The number of pyridine rings is 1. The van der Waals surface area contributed by atoms with Crippen LogP contribution in [0.25, 0.3) is 0 Å². The third-order valence-electron chi connectivity index (χ3n) is 2.39. The Morgan fingerprint density at radius 2 is 2.26 bits per heavy atom. The molecule has 0 saturated heterocycles. The van der Waals surface area contributed by atoms with E-state index >= 15 is 0 Å². The highest BCUT2D eigenvalue weighted by Gasteiger charge is 2.10. The van der Waals surface area contributed by atoms with E-state index in [1.165, 1.54) is 13.3 Å². The van der Waals surface area contributed by atoms with E-state index < -0.39 is 18.0 Å². The number of hydrogen-bond donors (Lipinski definition) is 2. The lowest BCUT2D eigenvalue weighted by Gasteiger charge is -2.06. The summed E-state index contributed by atoms with van der Waals surface area (Å²) < 4.78 is 4.57. The second-order valence-electron chi connectivity index (χ2n) is 3.82. The van der Waals surface area contributed by atoms with Crippen molar-refractivity contribution in [1.82, 2.24) is 4.98 Å². The molecule has 19 heavy (non-hydrogen) atoms. The summed E-state index contributed by atoms with van der Waals surface area (Å²) in [5.41, 5.74) is 6.61. The molecule has 1 unspecified atom stereocenters. The molecule has 0 spiro atoms. The Morgan fingerprint density at radius 1 is 1.53 bits per heavy atom. The van der Waals surface area contributed by atoms with Crippen LogP contribution in [0, 0.1) is 0 Å². The summed E-state index contributed by atoms with van der Waals surface area (Å²) in [5, 5.41) is 8.61. The number of carboxylic acids is 1. The van der Waals surface area contributed by atoms with Crippen molar-refractivity contribution in [3.8, 4) is 0 Å². The third-order valence-corrected chi connectivity index (χ3v) is 3.41. The predicted octanol–water partition coefficient (Wildman–Crippen LogP) is 0.903. The topological polar surface area (TPSA) is 103 Å². The molecule has 1 heterocycles. The standard InChI is InChI=1S/C12H16N2O4S/c1-18-12(17)8-2-3-9(14-6-8)7-19-5-4-10(13)11(15)16/h2-3,6,10H,4-5,7,13H2,1H3,(H,15,16). The minimum absolute atomic E-state index is 0.407. The molecule has 1 aromatic rings. The molecule has 0 aliphatic carbocycles. The van der Waals surface area contributed by atoms with Gasteiger partial charge in [-0.2, -0.15) is 11.8 Å². The van der Waals surface area contributed by atoms with Crippen LogP contribution in [0.2, 0.25) is 0 Å². The van der Waals surface area contributed by atoms with E-state index in [1.54, 1.807) is 23.9 Å². The Bertz CT molecular complexity index is 436. The van der Waals surface area contributed by atoms with E-state index in [2.05, 4.69) is 9.72 Å². The second kappa shape index (κ2) is 7.75. The van der Waals surface area contributed by atoms with Crippen molar-refractivity contribution in [2.45, 2.75) is 18.2 Å². The molecule has 0 fully saturated rings. The van der Waals surface area contributed by atoms with Gasteiger partial charge in [0.1, 0.15) is 6.04 Å². The number of ether oxygens (including phenoxy) is 1. The number of thioether (sulfide) groups is 1. The smallest absolute Gasteiger partial charge is 0.339 e. The van der Waals surface area contributed by atoms with Crippen LogP contribution in [-0.2, 0) is 15.3 Å². The van der Waals surface area contributed by atoms with Gasteiger partial charge in [-0.05, 0) is 24.3 Å². The maximum Gasteiger partial charge on any atom is 0.339 e. The van der Waals surface area contributed by atoms with Gasteiger partial charge in [0, 0.05) is 11.9 Å². The summed E-state index contributed by atoms with van der Waals surface area (Å²) in [6.45, 7) is 0. The lowest BCUT2D eigenvalue weighted by molar-refractivity contribution is -0.138. The maximum absolute atomic E-state index is 11.2. The van der Waals surface area contributed by atoms with Gasteiger partial charge in [0.05, 0.1) is 18.4 Å². The van der Waals surface area contributed by atoms with Gasteiger partial charge in [0.2, 0.25) is 0 Å². The molecule has 0 aliphatic rings. The van der Waals surface area contributed by atoms with Crippen molar-refractivity contribution in [2.75, 3.05) is 12.9 Å². The van der Waals surface area contributed by atoms with Gasteiger partial charge >= 0.3 is 11.9 Å². The number of hydrogen-bond acceptors (Lipinski definition) is 6. The van der Waals surface area contributed by atoms with Crippen molar-refractivity contribution in [3.63, 3.8) is 0 Å². The fourth-order valence-corrected chi connectivity index (χ4v) is 2.20. The summed E-state index contributed by atoms with van der Waals surface area (Å²) >= 11 is 1.55. The Labute approximate surface area is 115 Å². The molecule has 0 radical (unpaired) electrons. The number of aromatic nitrogens is 1. The molecule has 0 bridgehead atoms. The monoisotopic (exact) mass is 284 g/mol. The van der Waals surface area contributed by atoms with E-state index in [4.69, 9.17) is 10.8 Å². The van der Waals surface area contributed by atoms with Crippen molar-refractivity contribution in [1.29, 1.82) is 0 Å². The first kappa shape index (κ1) is 15.5. The van der Waals surface area contributed by atoms with Crippen LogP contribution in [0.15, 0.2) is 18.3 Å². The first-order valence-electron chi connectivity index (χ1n) is 5.64. The molecule has 104 valence electrons. The first-order chi connectivity index (χ1) is 9.04. The molecule has 3 N–H and O–H groups in total. The van der Waals surface area contributed by atoms with Crippen LogP contribution in [0.5, 0.6) is 0 Å². The molecule has 1 atom stereocenters. The van der Waals surface area contributed by atoms with Gasteiger partial charge in [0.15, 0.2) is 0 Å².